The normalized spacial score (nSPS) is 51.9. The van der Waals surface area contributed by atoms with Crippen LogP contribution in [0.3, 0.4) is 0 Å². The molecule has 46 heavy (non-hydrogen) atoms. The van der Waals surface area contributed by atoms with Gasteiger partial charge in [0, 0.05) is 26.1 Å². The fourth-order valence-corrected chi connectivity index (χ4v) is 14.3. The van der Waals surface area contributed by atoms with Crippen LogP contribution in [0.1, 0.15) is 126 Å². The summed E-state index contributed by atoms with van der Waals surface area (Å²) in [5.74, 6) is 2.06. The van der Waals surface area contributed by atoms with E-state index in [4.69, 9.17) is 18.9 Å². The lowest BCUT2D eigenvalue weighted by Gasteiger charge is -2.63. The number of rotatable bonds is 6. The number of carbonyl (C=O) groups excluding carboxylic acids is 1. The van der Waals surface area contributed by atoms with Gasteiger partial charge in [0.25, 0.3) is 0 Å². The van der Waals surface area contributed by atoms with E-state index in [9.17, 15) is 9.90 Å². The molecule has 2 aliphatic heterocycles. The molecule has 0 radical (unpaired) electrons. The van der Waals surface area contributed by atoms with Crippen LogP contribution >= 0.6 is 0 Å². The van der Waals surface area contributed by atoms with E-state index in [1.165, 1.54) is 58.3 Å². The topological polar surface area (TPSA) is 77.5 Å². The molecule has 7 heteroatoms. The minimum atomic E-state index is -1.15. The monoisotopic (exact) mass is 641 g/mol. The van der Waals surface area contributed by atoms with Crippen molar-refractivity contribution < 1.29 is 28.8 Å². The summed E-state index contributed by atoms with van der Waals surface area (Å²) in [6.45, 7) is 20.5. The first-order valence-electron chi connectivity index (χ1n) is 19.1. The van der Waals surface area contributed by atoms with Crippen LogP contribution in [0.4, 0.5) is 0 Å². The lowest BCUT2D eigenvalue weighted by molar-refractivity contribution is -0.248. The van der Waals surface area contributed by atoms with Crippen LogP contribution in [0.15, 0.2) is 0 Å². The smallest absolute Gasteiger partial charge is 0.303 e. The van der Waals surface area contributed by atoms with Gasteiger partial charge in [-0.15, -0.1) is 0 Å². The van der Waals surface area contributed by atoms with Crippen molar-refractivity contribution in [1.82, 2.24) is 4.90 Å². The maximum atomic E-state index is 12.1. The summed E-state index contributed by atoms with van der Waals surface area (Å²) in [4.78, 5) is 14.7. The first kappa shape index (κ1) is 32.5. The molecular formula is C39H63NO6. The molecular weight excluding hydrogens is 578 g/mol. The Hall–Kier alpha value is -0.730. The summed E-state index contributed by atoms with van der Waals surface area (Å²) >= 11 is 0. The van der Waals surface area contributed by atoms with E-state index in [1.807, 2.05) is 0 Å². The molecule has 0 aromatic rings. The quantitative estimate of drug-likeness (QED) is 0.322. The van der Waals surface area contributed by atoms with Gasteiger partial charge in [0.15, 0.2) is 12.4 Å². The molecule has 2 spiro atoms. The Morgan fingerprint density at radius 2 is 1.70 bits per heavy atom. The second-order valence-electron chi connectivity index (χ2n) is 19.4. The molecule has 7 nitrogen and oxygen atoms in total. The van der Waals surface area contributed by atoms with Gasteiger partial charge >= 0.3 is 5.97 Å². The number of morpholine rings is 1. The molecule has 2 saturated heterocycles. The highest BCUT2D eigenvalue weighted by Gasteiger charge is 2.83. The molecule has 0 aromatic heterocycles. The van der Waals surface area contributed by atoms with E-state index in [-0.39, 0.29) is 46.8 Å². The SMILES string of the molecule is CC(=O)O[C@@H](C1C[C@@H](C)C2C(C[C@@]3(C)[C@@H]4CCC5C(C)(C)[C@@H](OC6CN(C7CC7)CCO6)CC[C@@]56C[C@@]46CC[C@]23C)O1)C(C)(C)O. The number of hydrogen-bond acceptors (Lipinski definition) is 7. The first-order chi connectivity index (χ1) is 21.6. The third-order valence-corrected chi connectivity index (χ3v) is 16.4. The molecule has 2 heterocycles. The summed E-state index contributed by atoms with van der Waals surface area (Å²) in [6.07, 6.45) is 13.2. The summed E-state index contributed by atoms with van der Waals surface area (Å²) in [6, 6.07) is 0.771. The Balaban J connectivity index is 1.02. The lowest BCUT2D eigenvalue weighted by atomic mass is 9.41. The Morgan fingerprint density at radius 3 is 2.39 bits per heavy atom. The minimum Gasteiger partial charge on any atom is -0.457 e. The number of aliphatic hydroxyl groups is 1. The van der Waals surface area contributed by atoms with Crippen LogP contribution in [0.2, 0.25) is 0 Å². The van der Waals surface area contributed by atoms with Crippen molar-refractivity contribution in [1.29, 1.82) is 0 Å². The molecule has 8 aliphatic rings. The Labute approximate surface area is 278 Å². The lowest BCUT2D eigenvalue weighted by Crippen LogP contribution is -2.59. The molecule has 1 N–H and O–H groups in total. The third-order valence-electron chi connectivity index (χ3n) is 16.4. The summed E-state index contributed by atoms with van der Waals surface area (Å²) in [5.41, 5.74) is 0.378. The maximum absolute atomic E-state index is 12.1. The summed E-state index contributed by atoms with van der Waals surface area (Å²) in [7, 11) is 0. The van der Waals surface area contributed by atoms with Gasteiger partial charge in [-0.05, 0) is 135 Å². The number of hydrogen-bond donors (Lipinski definition) is 1. The zero-order valence-corrected chi connectivity index (χ0v) is 30.1. The van der Waals surface area contributed by atoms with Gasteiger partial charge in [-0.25, -0.2) is 0 Å². The number of nitrogens with zero attached hydrogens (tertiary/aromatic N) is 1. The van der Waals surface area contributed by atoms with Crippen molar-refractivity contribution >= 4 is 5.97 Å². The maximum Gasteiger partial charge on any atom is 0.303 e. The van der Waals surface area contributed by atoms with Crippen LogP contribution in [0.5, 0.6) is 0 Å². The number of esters is 1. The van der Waals surface area contributed by atoms with Crippen LogP contribution in [0.25, 0.3) is 0 Å². The van der Waals surface area contributed by atoms with E-state index in [2.05, 4.69) is 39.5 Å². The predicted molar refractivity (Wildman–Crippen MR) is 176 cm³/mol. The molecule has 6 aliphatic carbocycles. The highest BCUT2D eigenvalue weighted by atomic mass is 16.7. The van der Waals surface area contributed by atoms with Gasteiger partial charge in [-0.3, -0.25) is 9.69 Å². The van der Waals surface area contributed by atoms with Gasteiger partial charge in [-0.2, -0.15) is 0 Å². The highest BCUT2D eigenvalue weighted by molar-refractivity contribution is 5.66. The molecule has 8 rings (SSSR count). The molecule has 13 atom stereocenters. The van der Waals surface area contributed by atoms with Crippen LogP contribution < -0.4 is 0 Å². The predicted octanol–water partition coefficient (Wildman–Crippen LogP) is 6.74. The fourth-order valence-electron chi connectivity index (χ4n) is 14.3. The molecule has 0 amide bonds. The van der Waals surface area contributed by atoms with Crippen molar-refractivity contribution in [2.75, 3.05) is 19.7 Å². The molecule has 0 bridgehead atoms. The molecule has 5 unspecified atom stereocenters. The van der Waals surface area contributed by atoms with Crippen molar-refractivity contribution in [2.45, 2.75) is 168 Å². The van der Waals surface area contributed by atoms with E-state index in [1.54, 1.807) is 13.8 Å². The number of ether oxygens (including phenoxy) is 4. The van der Waals surface area contributed by atoms with Crippen molar-refractivity contribution in [3.8, 4) is 0 Å². The zero-order valence-electron chi connectivity index (χ0n) is 30.1. The average Bonchev–Trinajstić information content (AvgIpc) is 3.88. The van der Waals surface area contributed by atoms with Crippen LogP contribution in [0, 0.1) is 50.7 Å². The number of carbonyl (C=O) groups is 1. The van der Waals surface area contributed by atoms with Gasteiger partial charge < -0.3 is 24.1 Å². The Bertz CT molecular complexity index is 1230. The second kappa shape index (κ2) is 10.4. The van der Waals surface area contributed by atoms with E-state index in [0.717, 1.165) is 50.9 Å². The molecule has 8 fully saturated rings. The van der Waals surface area contributed by atoms with E-state index in [0.29, 0.717) is 28.6 Å². The zero-order chi connectivity index (χ0) is 32.7. The third kappa shape index (κ3) is 4.49. The van der Waals surface area contributed by atoms with Gasteiger partial charge in [0.2, 0.25) is 0 Å². The van der Waals surface area contributed by atoms with Gasteiger partial charge in [-0.1, -0.05) is 34.6 Å². The Morgan fingerprint density at radius 1 is 0.978 bits per heavy atom. The van der Waals surface area contributed by atoms with Crippen molar-refractivity contribution in [2.24, 2.45) is 50.7 Å². The van der Waals surface area contributed by atoms with E-state index >= 15 is 0 Å². The number of fused-ring (bicyclic) bond motifs is 4. The molecule has 260 valence electrons. The summed E-state index contributed by atoms with van der Waals surface area (Å²) < 4.78 is 25.9. The van der Waals surface area contributed by atoms with Crippen molar-refractivity contribution in [3.63, 3.8) is 0 Å². The summed E-state index contributed by atoms with van der Waals surface area (Å²) in [5, 5.41) is 11.0. The first-order valence-corrected chi connectivity index (χ1v) is 19.1. The average molecular weight is 642 g/mol. The highest BCUT2D eigenvalue weighted by Crippen LogP contribution is 2.89. The van der Waals surface area contributed by atoms with Gasteiger partial charge in [0.1, 0.15) is 0 Å². The minimum absolute atomic E-state index is 0.0732. The van der Waals surface area contributed by atoms with Gasteiger partial charge in [0.05, 0.1) is 30.5 Å². The Kier molecular flexibility index (Phi) is 7.34. The second-order valence-corrected chi connectivity index (χ2v) is 19.4. The van der Waals surface area contributed by atoms with Crippen LogP contribution in [-0.4, -0.2) is 78.0 Å². The fraction of sp³-hybridized carbons (Fsp3) is 0.974. The molecule has 6 saturated carbocycles. The standard InChI is InChI=1S/C39H63NO6/c1-23-19-26(33(35(5,6)42)44-24(2)41)45-27-20-37(8)29-12-11-28-34(3,4)30(46-31-21-40(17-18-43-31)25-9-10-25)13-14-38(28)22-39(29,38)16-15-36(37,7)32(23)27/h23,25-33,42H,9-22H2,1-8H3/t23-,26?,27?,28?,29+,30+,31?,32?,33+,36-,37+,38-,39+/m1/s1. The van der Waals surface area contributed by atoms with Crippen molar-refractivity contribution in [3.05, 3.63) is 0 Å². The largest absolute Gasteiger partial charge is 0.457 e. The van der Waals surface area contributed by atoms with Crippen LogP contribution in [-0.2, 0) is 23.7 Å². The molecule has 0 aromatic carbocycles. The van der Waals surface area contributed by atoms with E-state index < -0.39 is 11.7 Å².